The molecule has 2 aliphatic rings. The van der Waals surface area contributed by atoms with Gasteiger partial charge in [0.15, 0.2) is 0 Å². The fourth-order valence-electron chi connectivity index (χ4n) is 3.93. The summed E-state index contributed by atoms with van der Waals surface area (Å²) in [6.07, 6.45) is 6.79. The summed E-state index contributed by atoms with van der Waals surface area (Å²) in [5.41, 5.74) is 1.89. The Kier molecular flexibility index (Phi) is 5.37. The molecule has 146 valence electrons. The van der Waals surface area contributed by atoms with E-state index >= 15 is 0 Å². The van der Waals surface area contributed by atoms with Gasteiger partial charge in [0.2, 0.25) is 5.91 Å². The summed E-state index contributed by atoms with van der Waals surface area (Å²) in [5, 5.41) is 2.87. The van der Waals surface area contributed by atoms with Gasteiger partial charge < -0.3 is 10.2 Å². The molecule has 1 aliphatic carbocycles. The van der Waals surface area contributed by atoms with Crippen LogP contribution >= 0.6 is 0 Å². The Labute approximate surface area is 165 Å². The van der Waals surface area contributed by atoms with Crippen LogP contribution in [0.3, 0.4) is 0 Å². The van der Waals surface area contributed by atoms with Crippen LogP contribution in [-0.2, 0) is 4.79 Å². The second kappa shape index (κ2) is 8.09. The first-order chi connectivity index (χ1) is 13.6. The van der Waals surface area contributed by atoms with Crippen LogP contribution in [0.2, 0.25) is 0 Å². The van der Waals surface area contributed by atoms with Gasteiger partial charge in [-0.2, -0.15) is 0 Å². The largest absolute Gasteiger partial charge is 0.342 e. The molecule has 28 heavy (non-hydrogen) atoms. The highest BCUT2D eigenvalue weighted by Gasteiger charge is 2.33. The Bertz CT molecular complexity index is 864. The predicted molar refractivity (Wildman–Crippen MR) is 107 cm³/mol. The Morgan fingerprint density at radius 3 is 2.57 bits per heavy atom. The number of carbonyl (C=O) groups is 2. The lowest BCUT2D eigenvalue weighted by Crippen LogP contribution is -2.44. The van der Waals surface area contributed by atoms with E-state index in [-0.39, 0.29) is 17.7 Å². The van der Waals surface area contributed by atoms with Crippen LogP contribution in [-0.4, -0.2) is 39.8 Å². The molecule has 0 spiro atoms. The van der Waals surface area contributed by atoms with Gasteiger partial charge in [-0.1, -0.05) is 24.6 Å². The summed E-state index contributed by atoms with van der Waals surface area (Å²) in [5.74, 6) is 1.19. The predicted octanol–water partition coefficient (Wildman–Crippen LogP) is 3.54. The number of nitrogens with zero attached hydrogens (tertiary/aromatic N) is 3. The van der Waals surface area contributed by atoms with E-state index < -0.39 is 0 Å². The van der Waals surface area contributed by atoms with Gasteiger partial charge in [-0.05, 0) is 44.7 Å². The number of para-hydroxylation sites is 1. The Hall–Kier alpha value is -2.76. The lowest BCUT2D eigenvalue weighted by atomic mass is 9.83. The van der Waals surface area contributed by atoms with Gasteiger partial charge in [-0.3, -0.25) is 9.59 Å². The molecular weight excluding hydrogens is 352 g/mol. The molecule has 6 nitrogen and oxygen atoms in total. The van der Waals surface area contributed by atoms with Crippen LogP contribution in [0.25, 0.3) is 0 Å². The maximum atomic E-state index is 12.6. The molecule has 1 aromatic carbocycles. The number of likely N-dealkylation sites (tertiary alicyclic amines) is 1. The minimum Gasteiger partial charge on any atom is -0.342 e. The number of hydrogen-bond acceptors (Lipinski definition) is 4. The molecule has 0 radical (unpaired) electrons. The smallest absolute Gasteiger partial charge is 0.259 e. The molecule has 1 unspecified atom stereocenters. The lowest BCUT2D eigenvalue weighted by Gasteiger charge is -2.36. The van der Waals surface area contributed by atoms with Crippen molar-refractivity contribution in [3.63, 3.8) is 0 Å². The molecule has 1 saturated heterocycles. The Morgan fingerprint density at radius 1 is 1.11 bits per heavy atom. The van der Waals surface area contributed by atoms with E-state index in [4.69, 9.17) is 0 Å². The van der Waals surface area contributed by atoms with Gasteiger partial charge >= 0.3 is 0 Å². The molecule has 0 bridgehead atoms. The fraction of sp³-hybridized carbons (Fsp3) is 0.455. The molecular formula is C22H26N4O2. The number of rotatable bonds is 4. The molecule has 4 rings (SSSR count). The minimum atomic E-state index is -0.208. The van der Waals surface area contributed by atoms with E-state index in [1.807, 2.05) is 42.2 Å². The SMILES string of the molecule is Cc1nc(C2CCCN(C(=O)C3CCC3)C2)ncc1C(=O)Nc1ccccc1. The Balaban J connectivity index is 1.44. The molecule has 1 saturated carbocycles. The number of aryl methyl sites for hydroxylation is 1. The number of hydrogen-bond donors (Lipinski definition) is 1. The molecule has 2 amide bonds. The summed E-state index contributed by atoms with van der Waals surface area (Å²) in [6.45, 7) is 3.36. The topological polar surface area (TPSA) is 75.2 Å². The third-order valence-electron chi connectivity index (χ3n) is 5.83. The highest BCUT2D eigenvalue weighted by Crippen LogP contribution is 2.32. The lowest BCUT2D eigenvalue weighted by molar-refractivity contribution is -0.139. The van der Waals surface area contributed by atoms with Crippen LogP contribution in [0.4, 0.5) is 5.69 Å². The van der Waals surface area contributed by atoms with E-state index in [1.165, 1.54) is 6.42 Å². The summed E-state index contributed by atoms with van der Waals surface area (Å²) in [7, 11) is 0. The van der Waals surface area contributed by atoms with Crippen molar-refractivity contribution < 1.29 is 9.59 Å². The van der Waals surface area contributed by atoms with E-state index in [0.717, 1.165) is 43.7 Å². The molecule has 2 fully saturated rings. The van der Waals surface area contributed by atoms with Gasteiger partial charge in [0.25, 0.3) is 5.91 Å². The quantitative estimate of drug-likeness (QED) is 0.883. The maximum absolute atomic E-state index is 12.6. The summed E-state index contributed by atoms with van der Waals surface area (Å²) in [4.78, 5) is 36.2. The monoisotopic (exact) mass is 378 g/mol. The van der Waals surface area contributed by atoms with Crippen molar-refractivity contribution >= 4 is 17.5 Å². The number of aromatic nitrogens is 2. The van der Waals surface area contributed by atoms with Gasteiger partial charge in [0.1, 0.15) is 5.82 Å². The number of carbonyl (C=O) groups excluding carboxylic acids is 2. The minimum absolute atomic E-state index is 0.141. The second-order valence-corrected chi connectivity index (χ2v) is 7.80. The number of amides is 2. The number of nitrogens with one attached hydrogen (secondary N) is 1. The zero-order valence-electron chi connectivity index (χ0n) is 16.2. The first-order valence-corrected chi connectivity index (χ1v) is 10.1. The molecule has 6 heteroatoms. The van der Waals surface area contributed by atoms with Crippen molar-refractivity contribution in [3.8, 4) is 0 Å². The molecule has 2 heterocycles. The first kappa shape index (κ1) is 18.6. The van der Waals surface area contributed by atoms with E-state index in [1.54, 1.807) is 6.20 Å². The molecule has 1 aromatic heterocycles. The molecule has 2 aromatic rings. The van der Waals surface area contributed by atoms with Crippen LogP contribution in [0.5, 0.6) is 0 Å². The van der Waals surface area contributed by atoms with Crippen molar-refractivity contribution in [2.24, 2.45) is 5.92 Å². The van der Waals surface area contributed by atoms with E-state index in [2.05, 4.69) is 15.3 Å². The second-order valence-electron chi connectivity index (χ2n) is 7.80. The van der Waals surface area contributed by atoms with Crippen LogP contribution < -0.4 is 5.32 Å². The summed E-state index contributed by atoms with van der Waals surface area (Å²) >= 11 is 0. The average Bonchev–Trinajstić information content (AvgIpc) is 2.67. The summed E-state index contributed by atoms with van der Waals surface area (Å²) < 4.78 is 0. The van der Waals surface area contributed by atoms with Gasteiger partial charge in [0.05, 0.1) is 11.3 Å². The average molecular weight is 378 g/mol. The summed E-state index contributed by atoms with van der Waals surface area (Å²) in [6, 6.07) is 9.35. The third kappa shape index (κ3) is 3.91. The first-order valence-electron chi connectivity index (χ1n) is 10.1. The van der Waals surface area contributed by atoms with Crippen molar-refractivity contribution in [3.05, 3.63) is 53.6 Å². The normalized spacial score (nSPS) is 19.8. The molecule has 1 aliphatic heterocycles. The highest BCUT2D eigenvalue weighted by molar-refractivity contribution is 6.04. The molecule has 1 N–H and O–H groups in total. The van der Waals surface area contributed by atoms with Crippen LogP contribution in [0.15, 0.2) is 36.5 Å². The fourth-order valence-corrected chi connectivity index (χ4v) is 3.93. The number of benzene rings is 1. The zero-order chi connectivity index (χ0) is 19.5. The van der Waals surface area contributed by atoms with E-state index in [0.29, 0.717) is 23.7 Å². The zero-order valence-corrected chi connectivity index (χ0v) is 16.2. The van der Waals surface area contributed by atoms with Gasteiger partial charge in [-0.25, -0.2) is 9.97 Å². The standard InChI is InChI=1S/C22H26N4O2/c1-15-19(21(27)25-18-10-3-2-4-11-18)13-23-20(24-15)17-9-6-12-26(14-17)22(28)16-7-5-8-16/h2-4,10-11,13,16-17H,5-9,12,14H2,1H3,(H,25,27). The highest BCUT2D eigenvalue weighted by atomic mass is 16.2. The molecule has 1 atom stereocenters. The third-order valence-corrected chi connectivity index (χ3v) is 5.83. The van der Waals surface area contributed by atoms with Crippen molar-refractivity contribution in [1.29, 1.82) is 0 Å². The van der Waals surface area contributed by atoms with Gasteiger partial charge in [0, 0.05) is 36.8 Å². The number of piperidine rings is 1. The van der Waals surface area contributed by atoms with Crippen molar-refractivity contribution in [2.75, 3.05) is 18.4 Å². The van der Waals surface area contributed by atoms with Crippen LogP contribution in [0.1, 0.15) is 59.9 Å². The Morgan fingerprint density at radius 2 is 1.89 bits per heavy atom. The van der Waals surface area contributed by atoms with Gasteiger partial charge in [-0.15, -0.1) is 0 Å². The van der Waals surface area contributed by atoms with Crippen molar-refractivity contribution in [2.45, 2.75) is 44.9 Å². The number of anilines is 1. The van der Waals surface area contributed by atoms with E-state index in [9.17, 15) is 9.59 Å². The van der Waals surface area contributed by atoms with Crippen molar-refractivity contribution in [1.82, 2.24) is 14.9 Å². The maximum Gasteiger partial charge on any atom is 0.259 e. The van der Waals surface area contributed by atoms with Crippen LogP contribution in [0, 0.1) is 12.8 Å².